The zero-order valence-corrected chi connectivity index (χ0v) is 14.4. The van der Waals surface area contributed by atoms with Crippen LogP contribution in [0.5, 0.6) is 5.88 Å². The second kappa shape index (κ2) is 7.25. The van der Waals surface area contributed by atoms with Crippen LogP contribution < -0.4 is 17.0 Å². The van der Waals surface area contributed by atoms with Gasteiger partial charge in [-0.2, -0.15) is 0 Å². The summed E-state index contributed by atoms with van der Waals surface area (Å²) >= 11 is 6.11. The molecule has 3 rings (SSSR count). The van der Waals surface area contributed by atoms with Crippen LogP contribution >= 0.6 is 11.6 Å². The average Bonchev–Trinajstić information content (AvgIpc) is 2.57. The maximum atomic E-state index is 12.2. The molecule has 25 heavy (non-hydrogen) atoms. The van der Waals surface area contributed by atoms with Crippen molar-refractivity contribution in [2.24, 2.45) is 4.99 Å². The van der Waals surface area contributed by atoms with Gasteiger partial charge in [-0.15, -0.1) is 0 Å². The second-order valence-corrected chi connectivity index (χ2v) is 6.58. The number of nitrogens with zero attached hydrogens (tertiary/aromatic N) is 2. The normalized spacial score (nSPS) is 20.9. The summed E-state index contributed by atoms with van der Waals surface area (Å²) in [4.78, 5) is 30.9. The molecule has 1 saturated carbocycles. The van der Waals surface area contributed by atoms with Crippen molar-refractivity contribution in [3.8, 4) is 11.6 Å². The van der Waals surface area contributed by atoms with Crippen LogP contribution in [0.3, 0.4) is 0 Å². The van der Waals surface area contributed by atoms with E-state index in [2.05, 4.69) is 15.7 Å². The first-order valence-corrected chi connectivity index (χ1v) is 8.56. The molecule has 132 valence electrons. The number of aromatic amines is 1. The molecule has 2 aromatic rings. The number of benzene rings is 1. The minimum absolute atomic E-state index is 0.00763. The maximum absolute atomic E-state index is 12.2. The topological polar surface area (TPSA) is 115 Å². The van der Waals surface area contributed by atoms with Crippen molar-refractivity contribution in [3.63, 3.8) is 0 Å². The number of aliphatic imine (C=N–C) groups is 1. The van der Waals surface area contributed by atoms with Crippen molar-refractivity contribution in [1.29, 1.82) is 0 Å². The van der Waals surface area contributed by atoms with E-state index in [9.17, 15) is 14.7 Å². The summed E-state index contributed by atoms with van der Waals surface area (Å²) in [7, 11) is 0. The van der Waals surface area contributed by atoms with Crippen LogP contribution in [0.1, 0.15) is 31.2 Å². The molecule has 1 aliphatic carbocycles. The van der Waals surface area contributed by atoms with Crippen LogP contribution in [0.4, 0.5) is 0 Å². The molecular formula is C17H20ClN4O3+. The number of para-hydroxylation sites is 1. The minimum Gasteiger partial charge on any atom is -0.493 e. The van der Waals surface area contributed by atoms with Gasteiger partial charge in [-0.1, -0.05) is 30.2 Å². The highest BCUT2D eigenvalue weighted by molar-refractivity contribution is 6.32. The van der Waals surface area contributed by atoms with E-state index in [-0.39, 0.29) is 28.4 Å². The molecule has 0 bridgehead atoms. The lowest BCUT2D eigenvalue weighted by atomic mass is 9.91. The Morgan fingerprint density at radius 3 is 2.72 bits per heavy atom. The maximum Gasteiger partial charge on any atom is 0.335 e. The van der Waals surface area contributed by atoms with Crippen molar-refractivity contribution in [1.82, 2.24) is 9.55 Å². The van der Waals surface area contributed by atoms with E-state index < -0.39 is 17.1 Å². The number of aromatic nitrogens is 2. The van der Waals surface area contributed by atoms with Gasteiger partial charge < -0.3 is 10.8 Å². The van der Waals surface area contributed by atoms with Crippen molar-refractivity contribution in [2.75, 3.05) is 0 Å². The third-order valence-electron chi connectivity index (χ3n) is 4.48. The zero-order chi connectivity index (χ0) is 18.0. The molecule has 0 radical (unpaired) electrons. The zero-order valence-electron chi connectivity index (χ0n) is 13.6. The van der Waals surface area contributed by atoms with Gasteiger partial charge in [0.1, 0.15) is 17.6 Å². The molecule has 0 aliphatic heterocycles. The van der Waals surface area contributed by atoms with E-state index >= 15 is 0 Å². The lowest BCUT2D eigenvalue weighted by Gasteiger charge is -2.22. The number of H-pyrrole nitrogens is 1. The monoisotopic (exact) mass is 363 g/mol. The Labute approximate surface area is 148 Å². The first-order valence-electron chi connectivity index (χ1n) is 8.18. The van der Waals surface area contributed by atoms with Crippen LogP contribution in [0.15, 0.2) is 38.8 Å². The molecule has 0 saturated heterocycles. The Kier molecular flexibility index (Phi) is 5.06. The third-order valence-corrected chi connectivity index (χ3v) is 4.80. The number of nitrogens with one attached hydrogen (secondary N) is 1. The Bertz CT molecular complexity index is 919. The van der Waals surface area contributed by atoms with Gasteiger partial charge in [0.15, 0.2) is 0 Å². The molecule has 1 aliphatic rings. The standard InChI is InChI=1S/C17H19ClN4O3/c18-11-5-1-4-8-14(11)22-16(24)10(15(23)21-17(22)25)9-20-13-7-3-2-6-12(13)19/h1,4-5,8-9,12-13,24H,2-3,6-7,19H2,(H,21,23,25)/p+1/t12-,13-/m0/s1. The quantitative estimate of drug-likeness (QED) is 0.702. The fraction of sp³-hybridized carbons (Fsp3) is 0.353. The van der Waals surface area contributed by atoms with Crippen LogP contribution in [0.25, 0.3) is 5.69 Å². The predicted molar refractivity (Wildman–Crippen MR) is 95.9 cm³/mol. The minimum atomic E-state index is -0.763. The van der Waals surface area contributed by atoms with Gasteiger partial charge in [0.25, 0.3) is 5.56 Å². The van der Waals surface area contributed by atoms with Gasteiger partial charge in [0.05, 0.1) is 10.7 Å². The number of quaternary nitrogens is 1. The summed E-state index contributed by atoms with van der Waals surface area (Å²) in [6.07, 6.45) is 5.41. The van der Waals surface area contributed by atoms with E-state index in [4.69, 9.17) is 11.6 Å². The SMILES string of the molecule is [NH3+][C@H]1CCCC[C@@H]1N=Cc1c(O)n(-c2ccccc2Cl)c(=O)[nH]c1=O. The van der Waals surface area contributed by atoms with Gasteiger partial charge in [-0.25, -0.2) is 9.36 Å². The van der Waals surface area contributed by atoms with E-state index in [1.54, 1.807) is 24.3 Å². The van der Waals surface area contributed by atoms with Gasteiger partial charge in [0, 0.05) is 12.6 Å². The van der Waals surface area contributed by atoms with E-state index in [0.29, 0.717) is 0 Å². The summed E-state index contributed by atoms with van der Waals surface area (Å²) in [5.74, 6) is -0.484. The number of hydrogen-bond donors (Lipinski definition) is 3. The highest BCUT2D eigenvalue weighted by atomic mass is 35.5. The predicted octanol–water partition coefficient (Wildman–Crippen LogP) is 0.857. The molecule has 0 unspecified atom stereocenters. The molecular weight excluding hydrogens is 344 g/mol. The van der Waals surface area contributed by atoms with Gasteiger partial charge in [-0.05, 0) is 25.0 Å². The summed E-state index contributed by atoms with van der Waals surface area (Å²) in [5.41, 5.74) is 2.85. The largest absolute Gasteiger partial charge is 0.493 e. The molecule has 1 heterocycles. The van der Waals surface area contributed by atoms with Crippen LogP contribution in [-0.4, -0.2) is 33.0 Å². The Hall–Kier alpha value is -2.38. The average molecular weight is 364 g/mol. The van der Waals surface area contributed by atoms with Gasteiger partial charge in [-0.3, -0.25) is 14.8 Å². The molecule has 0 spiro atoms. The van der Waals surface area contributed by atoms with Crippen molar-refractivity contribution in [2.45, 2.75) is 37.8 Å². The fourth-order valence-corrected chi connectivity index (χ4v) is 3.29. The van der Waals surface area contributed by atoms with E-state index in [0.717, 1.165) is 30.3 Å². The lowest BCUT2D eigenvalue weighted by molar-refractivity contribution is -0.428. The second-order valence-electron chi connectivity index (χ2n) is 6.17. The summed E-state index contributed by atoms with van der Waals surface area (Å²) in [5, 5.41) is 10.8. The van der Waals surface area contributed by atoms with Gasteiger partial charge >= 0.3 is 5.69 Å². The number of aromatic hydroxyl groups is 1. The van der Waals surface area contributed by atoms with Crippen LogP contribution in [0, 0.1) is 0 Å². The van der Waals surface area contributed by atoms with Crippen molar-refractivity contribution < 1.29 is 10.8 Å². The Balaban J connectivity index is 2.06. The molecule has 1 aromatic carbocycles. The summed E-state index contributed by atoms with van der Waals surface area (Å²) in [6, 6.07) is 6.75. The van der Waals surface area contributed by atoms with Crippen LogP contribution in [0.2, 0.25) is 5.02 Å². The van der Waals surface area contributed by atoms with Crippen LogP contribution in [-0.2, 0) is 0 Å². The van der Waals surface area contributed by atoms with Gasteiger partial charge in [0.2, 0.25) is 5.88 Å². The van der Waals surface area contributed by atoms with Crippen molar-refractivity contribution in [3.05, 3.63) is 55.7 Å². The molecule has 1 fully saturated rings. The summed E-state index contributed by atoms with van der Waals surface area (Å²) in [6.45, 7) is 0. The van der Waals surface area contributed by atoms with Crippen molar-refractivity contribution >= 4 is 17.8 Å². The number of hydrogen-bond acceptors (Lipinski definition) is 4. The molecule has 1 aromatic heterocycles. The molecule has 0 amide bonds. The first-order chi connectivity index (χ1) is 12.0. The Morgan fingerprint density at radius 2 is 2.00 bits per heavy atom. The van der Waals surface area contributed by atoms with E-state index in [1.165, 1.54) is 6.21 Å². The lowest BCUT2D eigenvalue weighted by Crippen LogP contribution is -2.66. The third kappa shape index (κ3) is 3.52. The Morgan fingerprint density at radius 1 is 1.28 bits per heavy atom. The first kappa shape index (κ1) is 17.4. The highest BCUT2D eigenvalue weighted by Crippen LogP contribution is 2.23. The molecule has 2 atom stereocenters. The molecule has 8 heteroatoms. The smallest absolute Gasteiger partial charge is 0.335 e. The number of rotatable bonds is 3. The van der Waals surface area contributed by atoms with E-state index in [1.807, 2.05) is 0 Å². The summed E-state index contributed by atoms with van der Waals surface area (Å²) < 4.78 is 0.966. The number of halogens is 1. The molecule has 5 N–H and O–H groups in total. The molecule has 7 nitrogen and oxygen atoms in total. The fourth-order valence-electron chi connectivity index (χ4n) is 3.07. The highest BCUT2D eigenvalue weighted by Gasteiger charge is 2.24.